The minimum atomic E-state index is -0.660. The van der Waals surface area contributed by atoms with Crippen molar-refractivity contribution in [2.45, 2.75) is 97.3 Å². The number of allylic oxidation sites excluding steroid dienone is 2. The van der Waals surface area contributed by atoms with Gasteiger partial charge in [-0.1, -0.05) is 77.4 Å². The van der Waals surface area contributed by atoms with Gasteiger partial charge in [0.1, 0.15) is 0 Å². The van der Waals surface area contributed by atoms with Crippen molar-refractivity contribution in [1.29, 1.82) is 0 Å². The molecule has 0 aromatic heterocycles. The van der Waals surface area contributed by atoms with Gasteiger partial charge in [-0.15, -0.1) is 0 Å². The van der Waals surface area contributed by atoms with Crippen molar-refractivity contribution >= 4 is 35.5 Å². The summed E-state index contributed by atoms with van der Waals surface area (Å²) < 4.78 is 0. The first-order valence-electron chi connectivity index (χ1n) is 9.06. The minimum absolute atomic E-state index is 0. The molecule has 0 aromatic carbocycles. The molecule has 3 heteroatoms. The van der Waals surface area contributed by atoms with E-state index >= 15 is 0 Å². The van der Waals surface area contributed by atoms with Crippen LogP contribution < -0.4 is 0 Å². The Bertz CT molecular complexity index is 264. The molecule has 0 aliphatic carbocycles. The Morgan fingerprint density at radius 1 is 0.864 bits per heavy atom. The van der Waals surface area contributed by atoms with Gasteiger partial charge < -0.3 is 5.11 Å². The predicted molar refractivity (Wildman–Crippen MR) is 97.4 cm³/mol. The summed E-state index contributed by atoms with van der Waals surface area (Å²) in [6.45, 7) is 4.06. The number of carboxylic acids is 1. The summed E-state index contributed by atoms with van der Waals surface area (Å²) in [5.74, 6) is -0.838. The van der Waals surface area contributed by atoms with Gasteiger partial charge in [0, 0.05) is 29.6 Å². The molecule has 1 unspecified atom stereocenters. The third kappa shape index (κ3) is 18.3. The number of unbranched alkanes of at least 4 members (excludes halogenated alkanes) is 10. The van der Waals surface area contributed by atoms with E-state index in [4.69, 9.17) is 5.11 Å². The van der Waals surface area contributed by atoms with Crippen molar-refractivity contribution < 1.29 is 9.90 Å². The molecule has 22 heavy (non-hydrogen) atoms. The summed E-state index contributed by atoms with van der Waals surface area (Å²) in [7, 11) is 0. The Morgan fingerprint density at radius 2 is 1.32 bits per heavy atom. The van der Waals surface area contributed by atoms with E-state index < -0.39 is 5.97 Å². The van der Waals surface area contributed by atoms with Gasteiger partial charge in [0.25, 0.3) is 0 Å². The molecule has 0 amide bonds. The maximum atomic E-state index is 10.7. The van der Waals surface area contributed by atoms with Crippen molar-refractivity contribution in [3.8, 4) is 0 Å². The van der Waals surface area contributed by atoms with Crippen LogP contribution in [0.5, 0.6) is 0 Å². The molecule has 0 saturated carbocycles. The summed E-state index contributed by atoms with van der Waals surface area (Å²) in [6, 6.07) is 0. The molecule has 0 fully saturated rings. The summed E-state index contributed by atoms with van der Waals surface area (Å²) in [4.78, 5) is 10.7. The second-order valence-corrected chi connectivity index (χ2v) is 6.26. The fourth-order valence-corrected chi connectivity index (χ4v) is 2.47. The van der Waals surface area contributed by atoms with Crippen LogP contribution in [0.25, 0.3) is 0 Å². The molecule has 1 N–H and O–H groups in total. The summed E-state index contributed by atoms with van der Waals surface area (Å²) >= 11 is 0. The average molecular weight is 319 g/mol. The van der Waals surface area contributed by atoms with E-state index in [2.05, 4.69) is 19.1 Å². The van der Waals surface area contributed by atoms with E-state index in [0.717, 1.165) is 12.8 Å². The molecule has 0 aliphatic heterocycles. The van der Waals surface area contributed by atoms with E-state index in [1.807, 2.05) is 0 Å². The third-order valence-electron chi connectivity index (χ3n) is 4.07. The normalized spacial score (nSPS) is 12.3. The monoisotopic (exact) mass is 319 g/mol. The second kappa shape index (κ2) is 19.3. The van der Waals surface area contributed by atoms with E-state index in [1.165, 1.54) is 70.6 Å². The SMILES string of the molecule is CCCCCCCCC=CCCCCCCC(C)C(=O)O.[Na]. The van der Waals surface area contributed by atoms with E-state index in [0.29, 0.717) is 0 Å². The van der Waals surface area contributed by atoms with Gasteiger partial charge >= 0.3 is 5.97 Å². The van der Waals surface area contributed by atoms with Crippen molar-refractivity contribution in [2.75, 3.05) is 0 Å². The van der Waals surface area contributed by atoms with Gasteiger partial charge in [-0.3, -0.25) is 4.79 Å². The molecule has 0 spiro atoms. The molecular weight excluding hydrogens is 283 g/mol. The van der Waals surface area contributed by atoms with Gasteiger partial charge in [-0.25, -0.2) is 0 Å². The van der Waals surface area contributed by atoms with Gasteiger partial charge in [0.05, 0.1) is 5.92 Å². The fourth-order valence-electron chi connectivity index (χ4n) is 2.47. The van der Waals surface area contributed by atoms with Crippen LogP contribution in [0.4, 0.5) is 0 Å². The smallest absolute Gasteiger partial charge is 0.306 e. The quantitative estimate of drug-likeness (QED) is 0.229. The molecular formula is C19H36NaO2. The first kappa shape index (κ1) is 24.5. The van der Waals surface area contributed by atoms with Gasteiger partial charge in [0.2, 0.25) is 0 Å². The van der Waals surface area contributed by atoms with E-state index in [1.54, 1.807) is 6.92 Å². The predicted octanol–water partition coefficient (Wildman–Crippen LogP) is 5.97. The first-order valence-corrected chi connectivity index (χ1v) is 9.06. The Hall–Kier alpha value is 0.210. The fraction of sp³-hybridized carbons (Fsp3) is 0.842. The van der Waals surface area contributed by atoms with Gasteiger partial charge in [-0.2, -0.15) is 0 Å². The number of aliphatic carboxylic acids is 1. The largest absolute Gasteiger partial charge is 0.481 e. The number of carboxylic acid groups (broad SMARTS) is 1. The molecule has 0 rings (SSSR count). The average Bonchev–Trinajstić information content (AvgIpc) is 2.47. The Kier molecular flexibility index (Phi) is 21.4. The Morgan fingerprint density at radius 3 is 1.82 bits per heavy atom. The van der Waals surface area contributed by atoms with Crippen molar-refractivity contribution in [2.24, 2.45) is 5.92 Å². The molecule has 0 aliphatic rings. The van der Waals surface area contributed by atoms with Crippen LogP contribution in [0.15, 0.2) is 12.2 Å². The number of hydrogen-bond donors (Lipinski definition) is 1. The molecule has 1 atom stereocenters. The van der Waals surface area contributed by atoms with Crippen LogP contribution in [0.2, 0.25) is 0 Å². The summed E-state index contributed by atoms with van der Waals surface area (Å²) in [6.07, 6.45) is 20.8. The molecule has 0 aromatic rings. The maximum Gasteiger partial charge on any atom is 0.306 e. The topological polar surface area (TPSA) is 37.3 Å². The van der Waals surface area contributed by atoms with E-state index in [-0.39, 0.29) is 35.5 Å². The molecule has 2 nitrogen and oxygen atoms in total. The Balaban J connectivity index is 0. The van der Waals surface area contributed by atoms with Crippen LogP contribution in [0.1, 0.15) is 97.3 Å². The number of rotatable bonds is 15. The molecule has 1 radical (unpaired) electrons. The zero-order valence-electron chi connectivity index (χ0n) is 15.3. The third-order valence-corrected chi connectivity index (χ3v) is 4.07. The minimum Gasteiger partial charge on any atom is -0.481 e. The molecule has 125 valence electrons. The number of carbonyl (C=O) groups is 1. The van der Waals surface area contributed by atoms with Crippen molar-refractivity contribution in [3.05, 3.63) is 12.2 Å². The first-order chi connectivity index (χ1) is 10.2. The zero-order chi connectivity index (χ0) is 15.8. The van der Waals surface area contributed by atoms with Crippen LogP contribution in [-0.2, 0) is 4.79 Å². The van der Waals surface area contributed by atoms with Crippen LogP contribution in [0.3, 0.4) is 0 Å². The summed E-state index contributed by atoms with van der Waals surface area (Å²) in [5.41, 5.74) is 0. The van der Waals surface area contributed by atoms with Crippen molar-refractivity contribution in [1.82, 2.24) is 0 Å². The zero-order valence-corrected chi connectivity index (χ0v) is 17.3. The molecule has 0 heterocycles. The molecule has 0 bridgehead atoms. The van der Waals surface area contributed by atoms with E-state index in [9.17, 15) is 4.79 Å². The van der Waals surface area contributed by atoms with Gasteiger partial charge in [-0.05, 0) is 32.1 Å². The van der Waals surface area contributed by atoms with Gasteiger partial charge in [0.15, 0.2) is 0 Å². The van der Waals surface area contributed by atoms with Crippen LogP contribution in [0, 0.1) is 5.92 Å². The maximum absolute atomic E-state index is 10.7. The summed E-state index contributed by atoms with van der Waals surface area (Å²) in [5, 5.41) is 8.78. The molecule has 0 saturated heterocycles. The second-order valence-electron chi connectivity index (χ2n) is 6.26. The van der Waals surface area contributed by atoms with Crippen LogP contribution in [-0.4, -0.2) is 40.6 Å². The Labute approximate surface area is 160 Å². The van der Waals surface area contributed by atoms with Crippen LogP contribution >= 0.6 is 0 Å². The van der Waals surface area contributed by atoms with Crippen molar-refractivity contribution in [3.63, 3.8) is 0 Å². The standard InChI is InChI=1S/C19H36O2.Na/c1-3-4-5-6-7-8-9-10-11-12-13-14-15-16-17-18(2)19(20)21;/h10-11,18H,3-9,12-17H2,1-2H3,(H,20,21);. The number of hydrogen-bond acceptors (Lipinski definition) is 1.